The SMILES string of the molecule is C=CCn1c(COc2ccc(C)cc2C)nnc1SCC(=O)Nc1ccc(Cl)c([N+](=O)[O-])c1. The van der Waals surface area contributed by atoms with Crippen molar-refractivity contribution in [1.29, 1.82) is 0 Å². The molecule has 3 rings (SSSR count). The first-order chi connectivity index (χ1) is 15.8. The summed E-state index contributed by atoms with van der Waals surface area (Å²) in [5.74, 6) is 1.05. The van der Waals surface area contributed by atoms with Gasteiger partial charge in [0.2, 0.25) is 5.91 Å². The Morgan fingerprint density at radius 3 is 2.79 bits per heavy atom. The zero-order chi connectivity index (χ0) is 24.0. The van der Waals surface area contributed by atoms with Gasteiger partial charge in [0.05, 0.1) is 10.7 Å². The number of anilines is 1. The highest BCUT2D eigenvalue weighted by atomic mass is 35.5. The number of carbonyl (C=O) groups is 1. The minimum absolute atomic E-state index is 0.000445. The van der Waals surface area contributed by atoms with Crippen molar-refractivity contribution >= 4 is 40.6 Å². The van der Waals surface area contributed by atoms with Crippen molar-refractivity contribution in [2.45, 2.75) is 32.2 Å². The first-order valence-corrected chi connectivity index (χ1v) is 11.2. The molecule has 1 aromatic heterocycles. The molecule has 0 fully saturated rings. The van der Waals surface area contributed by atoms with Gasteiger partial charge in [-0.15, -0.1) is 16.8 Å². The van der Waals surface area contributed by atoms with Crippen molar-refractivity contribution in [2.24, 2.45) is 0 Å². The maximum atomic E-state index is 12.4. The van der Waals surface area contributed by atoms with E-state index < -0.39 is 4.92 Å². The summed E-state index contributed by atoms with van der Waals surface area (Å²) in [5.41, 5.74) is 2.19. The Morgan fingerprint density at radius 1 is 1.30 bits per heavy atom. The monoisotopic (exact) mass is 487 g/mol. The second-order valence-electron chi connectivity index (χ2n) is 7.12. The second-order valence-corrected chi connectivity index (χ2v) is 8.47. The predicted molar refractivity (Wildman–Crippen MR) is 128 cm³/mol. The molecule has 0 aliphatic rings. The van der Waals surface area contributed by atoms with Crippen molar-refractivity contribution in [3.05, 3.63) is 81.1 Å². The molecule has 0 saturated carbocycles. The molecule has 1 heterocycles. The van der Waals surface area contributed by atoms with Crippen LogP contribution in [0.15, 0.2) is 54.2 Å². The Bertz CT molecular complexity index is 1200. The van der Waals surface area contributed by atoms with Crippen LogP contribution in [-0.4, -0.2) is 31.3 Å². The molecule has 0 bridgehead atoms. The molecule has 33 heavy (non-hydrogen) atoms. The fraction of sp³-hybridized carbons (Fsp3) is 0.227. The highest BCUT2D eigenvalue weighted by molar-refractivity contribution is 7.99. The maximum absolute atomic E-state index is 12.4. The molecule has 0 unspecified atom stereocenters. The molecule has 1 amide bonds. The van der Waals surface area contributed by atoms with Crippen molar-refractivity contribution < 1.29 is 14.5 Å². The number of benzene rings is 2. The molecule has 0 aliphatic heterocycles. The van der Waals surface area contributed by atoms with E-state index in [0.717, 1.165) is 16.9 Å². The van der Waals surface area contributed by atoms with E-state index in [2.05, 4.69) is 22.1 Å². The Labute approximate surface area is 200 Å². The summed E-state index contributed by atoms with van der Waals surface area (Å²) < 4.78 is 7.73. The topological polar surface area (TPSA) is 112 Å². The number of nitro benzene ring substituents is 1. The molecule has 11 heteroatoms. The largest absolute Gasteiger partial charge is 0.485 e. The average molecular weight is 488 g/mol. The molecular formula is C22H22ClN5O4S. The number of rotatable bonds is 10. The van der Waals surface area contributed by atoms with E-state index in [4.69, 9.17) is 16.3 Å². The zero-order valence-electron chi connectivity index (χ0n) is 18.1. The molecule has 3 aromatic rings. The van der Waals surface area contributed by atoms with Crippen LogP contribution in [0, 0.1) is 24.0 Å². The molecule has 0 atom stereocenters. The molecule has 0 saturated heterocycles. The van der Waals surface area contributed by atoms with Crippen LogP contribution in [0.2, 0.25) is 5.02 Å². The van der Waals surface area contributed by atoms with Gasteiger partial charge in [0.25, 0.3) is 5.69 Å². The number of nitrogens with one attached hydrogen (secondary N) is 1. The Kier molecular flexibility index (Phi) is 8.07. The number of carbonyl (C=O) groups excluding carboxylic acids is 1. The summed E-state index contributed by atoms with van der Waals surface area (Å²) in [6.45, 7) is 8.43. The van der Waals surface area contributed by atoms with Gasteiger partial charge in [0, 0.05) is 18.3 Å². The van der Waals surface area contributed by atoms with Gasteiger partial charge in [-0.25, -0.2) is 0 Å². The number of allylic oxidation sites excluding steroid dienone is 1. The Hall–Kier alpha value is -3.37. The van der Waals surface area contributed by atoms with Crippen LogP contribution in [-0.2, 0) is 17.9 Å². The standard InChI is InChI=1S/C22H22ClN5O4S/c1-4-9-27-20(12-32-19-8-5-14(2)10-15(19)3)25-26-22(27)33-13-21(29)24-16-6-7-17(23)18(11-16)28(30)31/h4-8,10-11H,1,9,12-13H2,2-3H3,(H,24,29). The van der Waals surface area contributed by atoms with Crippen molar-refractivity contribution in [2.75, 3.05) is 11.1 Å². The van der Waals surface area contributed by atoms with Crippen LogP contribution >= 0.6 is 23.4 Å². The summed E-state index contributed by atoms with van der Waals surface area (Å²) in [6, 6.07) is 10.0. The Balaban J connectivity index is 1.64. The molecule has 172 valence electrons. The van der Waals surface area contributed by atoms with Gasteiger partial charge < -0.3 is 10.1 Å². The van der Waals surface area contributed by atoms with Gasteiger partial charge >= 0.3 is 0 Å². The number of ether oxygens (including phenoxy) is 1. The molecule has 0 aliphatic carbocycles. The van der Waals surface area contributed by atoms with Gasteiger partial charge in [-0.05, 0) is 37.6 Å². The molecule has 0 radical (unpaired) electrons. The second kappa shape index (κ2) is 11.0. The fourth-order valence-corrected chi connectivity index (χ4v) is 3.96. The number of halogens is 1. The minimum Gasteiger partial charge on any atom is -0.485 e. The van der Waals surface area contributed by atoms with Gasteiger partial charge in [-0.1, -0.05) is 47.1 Å². The number of aromatic nitrogens is 3. The molecule has 1 N–H and O–H groups in total. The fourth-order valence-electron chi connectivity index (χ4n) is 3.01. The quantitative estimate of drug-likeness (QED) is 0.186. The van der Waals surface area contributed by atoms with Crippen LogP contribution in [0.5, 0.6) is 5.75 Å². The van der Waals surface area contributed by atoms with E-state index in [1.165, 1.54) is 30.0 Å². The number of amides is 1. The van der Waals surface area contributed by atoms with E-state index in [1.54, 1.807) is 6.08 Å². The lowest BCUT2D eigenvalue weighted by molar-refractivity contribution is -0.384. The number of thioether (sulfide) groups is 1. The molecule has 0 spiro atoms. The number of nitro groups is 1. The molecule has 2 aromatic carbocycles. The van der Waals surface area contributed by atoms with Crippen LogP contribution in [0.3, 0.4) is 0 Å². The summed E-state index contributed by atoms with van der Waals surface area (Å²) >= 11 is 6.99. The summed E-state index contributed by atoms with van der Waals surface area (Å²) in [6.07, 6.45) is 1.71. The predicted octanol–water partition coefficient (Wildman–Crippen LogP) is 4.95. The number of aryl methyl sites for hydroxylation is 2. The van der Waals surface area contributed by atoms with Crippen LogP contribution in [0.25, 0.3) is 0 Å². The Morgan fingerprint density at radius 2 is 2.09 bits per heavy atom. The normalized spacial score (nSPS) is 10.6. The molecular weight excluding hydrogens is 466 g/mol. The first kappa shape index (κ1) is 24.3. The van der Waals surface area contributed by atoms with Crippen molar-refractivity contribution in [1.82, 2.24) is 14.8 Å². The van der Waals surface area contributed by atoms with E-state index >= 15 is 0 Å². The van der Waals surface area contributed by atoms with Crippen LogP contribution in [0.4, 0.5) is 11.4 Å². The van der Waals surface area contributed by atoms with E-state index in [-0.39, 0.29) is 34.7 Å². The third-order valence-electron chi connectivity index (χ3n) is 4.55. The van der Waals surface area contributed by atoms with E-state index in [0.29, 0.717) is 17.5 Å². The van der Waals surface area contributed by atoms with E-state index in [9.17, 15) is 14.9 Å². The van der Waals surface area contributed by atoms with Crippen molar-refractivity contribution in [3.63, 3.8) is 0 Å². The number of hydrogen-bond donors (Lipinski definition) is 1. The third-order valence-corrected chi connectivity index (χ3v) is 5.84. The highest BCUT2D eigenvalue weighted by Crippen LogP contribution is 2.28. The summed E-state index contributed by atoms with van der Waals surface area (Å²) in [5, 5.41) is 22.5. The van der Waals surface area contributed by atoms with Crippen LogP contribution < -0.4 is 10.1 Å². The van der Waals surface area contributed by atoms with Gasteiger partial charge in [0.15, 0.2) is 11.0 Å². The first-order valence-electron chi connectivity index (χ1n) is 9.88. The maximum Gasteiger partial charge on any atom is 0.289 e. The average Bonchev–Trinajstić information content (AvgIpc) is 3.14. The third kappa shape index (κ3) is 6.33. The highest BCUT2D eigenvalue weighted by Gasteiger charge is 2.16. The van der Waals surface area contributed by atoms with Crippen molar-refractivity contribution in [3.8, 4) is 5.75 Å². The molecule has 9 nitrogen and oxygen atoms in total. The van der Waals surface area contributed by atoms with E-state index in [1.807, 2.05) is 36.6 Å². The van der Waals surface area contributed by atoms with Gasteiger partial charge in [-0.2, -0.15) is 0 Å². The lowest BCUT2D eigenvalue weighted by atomic mass is 10.1. The lowest BCUT2D eigenvalue weighted by Crippen LogP contribution is -2.15. The minimum atomic E-state index is -0.605. The van der Waals surface area contributed by atoms with Gasteiger partial charge in [-0.3, -0.25) is 19.5 Å². The van der Waals surface area contributed by atoms with Gasteiger partial charge in [0.1, 0.15) is 17.4 Å². The number of nitrogens with zero attached hydrogens (tertiary/aromatic N) is 4. The summed E-state index contributed by atoms with van der Waals surface area (Å²) in [7, 11) is 0. The smallest absolute Gasteiger partial charge is 0.289 e. The zero-order valence-corrected chi connectivity index (χ0v) is 19.7. The number of hydrogen-bond acceptors (Lipinski definition) is 7. The lowest BCUT2D eigenvalue weighted by Gasteiger charge is -2.11. The van der Waals surface area contributed by atoms with Crippen LogP contribution in [0.1, 0.15) is 17.0 Å². The summed E-state index contributed by atoms with van der Waals surface area (Å²) in [4.78, 5) is 22.8.